The summed E-state index contributed by atoms with van der Waals surface area (Å²) in [5, 5.41) is 5.06. The third-order valence-corrected chi connectivity index (χ3v) is 3.25. The van der Waals surface area contributed by atoms with E-state index < -0.39 is 0 Å². The second-order valence-electron chi connectivity index (χ2n) is 4.31. The van der Waals surface area contributed by atoms with Crippen molar-refractivity contribution in [1.29, 1.82) is 0 Å². The van der Waals surface area contributed by atoms with Crippen LogP contribution in [0.5, 0.6) is 0 Å². The Morgan fingerprint density at radius 3 is 2.06 bits per heavy atom. The van der Waals surface area contributed by atoms with Crippen LogP contribution in [0.3, 0.4) is 0 Å². The molecule has 0 unspecified atom stereocenters. The lowest BCUT2D eigenvalue weighted by molar-refractivity contribution is 0.101. The zero-order valence-electron chi connectivity index (χ0n) is 9.37. The van der Waals surface area contributed by atoms with Gasteiger partial charge in [0.1, 0.15) is 0 Å². The van der Waals surface area contributed by atoms with Crippen molar-refractivity contribution in [2.75, 3.05) is 0 Å². The summed E-state index contributed by atoms with van der Waals surface area (Å²) in [6.45, 7) is 3.62. The third kappa shape index (κ3) is 1.09. The van der Waals surface area contributed by atoms with Crippen LogP contribution in [0.4, 0.5) is 0 Å². The fourth-order valence-corrected chi connectivity index (χ4v) is 2.42. The topological polar surface area (TPSA) is 17.1 Å². The number of hydrogen-bond donors (Lipinski definition) is 0. The van der Waals surface area contributed by atoms with Gasteiger partial charge in [-0.3, -0.25) is 4.79 Å². The van der Waals surface area contributed by atoms with E-state index in [-0.39, 0.29) is 5.78 Å². The molecule has 0 fully saturated rings. The molecule has 0 bridgehead atoms. The summed E-state index contributed by atoms with van der Waals surface area (Å²) in [7, 11) is 0. The lowest BCUT2D eigenvalue weighted by atomic mass is 9.95. The molecule has 0 aliphatic heterocycles. The molecule has 2 aromatic rings. The molecule has 16 heavy (non-hydrogen) atoms. The average molecular weight is 208 g/mol. The largest absolute Gasteiger partial charge is 0.295 e. The van der Waals surface area contributed by atoms with E-state index >= 15 is 0 Å². The summed E-state index contributed by atoms with van der Waals surface area (Å²) >= 11 is 0. The van der Waals surface area contributed by atoms with Crippen LogP contribution >= 0.6 is 0 Å². The molecule has 0 N–H and O–H groups in total. The van der Waals surface area contributed by atoms with E-state index in [4.69, 9.17) is 0 Å². The minimum absolute atomic E-state index is 0.143. The molecule has 0 radical (unpaired) electrons. The first-order chi connectivity index (χ1) is 7.68. The van der Waals surface area contributed by atoms with Gasteiger partial charge in [0.2, 0.25) is 0 Å². The molecule has 0 saturated heterocycles. The van der Waals surface area contributed by atoms with Crippen molar-refractivity contribution in [3.63, 3.8) is 0 Å². The Morgan fingerprint density at radius 2 is 1.50 bits per heavy atom. The number of ketones is 1. The van der Waals surface area contributed by atoms with Gasteiger partial charge in [-0.05, 0) is 46.4 Å². The lowest BCUT2D eigenvalue weighted by Gasteiger charge is -2.08. The molecule has 0 amide bonds. The number of aryl methyl sites for hydroxylation is 1. The van der Waals surface area contributed by atoms with Crippen LogP contribution in [0.2, 0.25) is 0 Å². The van der Waals surface area contributed by atoms with E-state index in [0.717, 1.165) is 11.1 Å². The van der Waals surface area contributed by atoms with E-state index in [9.17, 15) is 4.79 Å². The molecule has 2 aromatic carbocycles. The van der Waals surface area contributed by atoms with Crippen LogP contribution in [-0.4, -0.2) is 5.78 Å². The first-order valence-corrected chi connectivity index (χ1v) is 5.44. The van der Waals surface area contributed by atoms with Gasteiger partial charge >= 0.3 is 0 Å². The van der Waals surface area contributed by atoms with E-state index in [2.05, 4.69) is 24.3 Å². The number of fused-ring (bicyclic) bond motifs is 2. The minimum atomic E-state index is 0.143. The highest BCUT2D eigenvalue weighted by atomic mass is 16.1. The predicted molar refractivity (Wildman–Crippen MR) is 63.0 cm³/mol. The quantitative estimate of drug-likeness (QED) is 0.562. The molecule has 1 heteroatoms. The van der Waals surface area contributed by atoms with Gasteiger partial charge in [0, 0.05) is 5.56 Å². The lowest BCUT2D eigenvalue weighted by Crippen LogP contribution is -2.00. The molecule has 1 aliphatic carbocycles. The summed E-state index contributed by atoms with van der Waals surface area (Å²) in [4.78, 5) is 11.5. The highest BCUT2D eigenvalue weighted by Crippen LogP contribution is 2.18. The van der Waals surface area contributed by atoms with Gasteiger partial charge < -0.3 is 0 Å². The smallest absolute Gasteiger partial charge is 0.160 e. The molecule has 1 aliphatic rings. The highest BCUT2D eigenvalue weighted by molar-refractivity contribution is 5.95. The van der Waals surface area contributed by atoms with Crippen LogP contribution in [0.15, 0.2) is 36.4 Å². The molecule has 0 atom stereocenters. The monoisotopic (exact) mass is 208 g/mol. The first kappa shape index (κ1) is 9.34. The Bertz CT molecular complexity index is 785. The third-order valence-electron chi connectivity index (χ3n) is 3.25. The fraction of sp³-hybridized carbons (Fsp3) is 0.133. The summed E-state index contributed by atoms with van der Waals surface area (Å²) in [6.07, 6.45) is 0. The summed E-state index contributed by atoms with van der Waals surface area (Å²) in [6, 6.07) is 12.5. The number of rotatable bonds is 1. The Morgan fingerprint density at radius 1 is 0.938 bits per heavy atom. The van der Waals surface area contributed by atoms with Gasteiger partial charge in [0.15, 0.2) is 5.78 Å². The number of benzene rings is 2. The Labute approximate surface area is 93.4 Å². The summed E-state index contributed by atoms with van der Waals surface area (Å²) in [5.74, 6) is 0.143. The van der Waals surface area contributed by atoms with Gasteiger partial charge in [-0.25, -0.2) is 0 Å². The van der Waals surface area contributed by atoms with Crippen molar-refractivity contribution >= 4 is 5.78 Å². The highest BCUT2D eigenvalue weighted by Gasteiger charge is 2.08. The van der Waals surface area contributed by atoms with Crippen molar-refractivity contribution in [3.05, 3.63) is 68.4 Å². The molecule has 78 valence electrons. The van der Waals surface area contributed by atoms with Gasteiger partial charge in [0.05, 0.1) is 0 Å². The Hall–Kier alpha value is -1.89. The molecule has 0 heterocycles. The van der Waals surface area contributed by atoms with Crippen molar-refractivity contribution in [2.24, 2.45) is 0 Å². The predicted octanol–water partition coefficient (Wildman–Crippen LogP) is 3.08. The van der Waals surface area contributed by atoms with Gasteiger partial charge in [-0.1, -0.05) is 30.3 Å². The number of hydrogen-bond acceptors (Lipinski definition) is 1. The van der Waals surface area contributed by atoms with Crippen LogP contribution in [-0.2, 0) is 0 Å². The molecule has 1 nitrogen and oxygen atoms in total. The van der Waals surface area contributed by atoms with E-state index in [0.29, 0.717) is 0 Å². The molecule has 0 saturated carbocycles. The van der Waals surface area contributed by atoms with Gasteiger partial charge in [-0.15, -0.1) is 0 Å². The van der Waals surface area contributed by atoms with Gasteiger partial charge in [0.25, 0.3) is 0 Å². The first-order valence-electron chi connectivity index (χ1n) is 5.44. The SMILES string of the molecule is CC(=O)c1cc2c(cc1C)=c1ccccc1=2. The molecule has 0 aromatic heterocycles. The van der Waals surface area contributed by atoms with Crippen LogP contribution in [0, 0.1) is 27.8 Å². The van der Waals surface area contributed by atoms with Crippen LogP contribution in [0.25, 0.3) is 0 Å². The second kappa shape index (κ2) is 3.05. The standard InChI is InChI=1S/C15H12O/c1-9-7-14-11-5-3-4-6-12(11)15(14)8-13(9)10(2)16/h3-8H,1-2H3. The van der Waals surface area contributed by atoms with Crippen molar-refractivity contribution < 1.29 is 4.79 Å². The van der Waals surface area contributed by atoms with E-state index in [1.165, 1.54) is 20.9 Å². The van der Waals surface area contributed by atoms with Gasteiger partial charge in [-0.2, -0.15) is 0 Å². The number of Topliss-reactive ketones (excluding diaryl/α,β-unsaturated/α-hetero) is 1. The van der Waals surface area contributed by atoms with Crippen LogP contribution < -0.4 is 0 Å². The number of carbonyl (C=O) groups is 1. The average Bonchev–Trinajstić information content (AvgIpc) is 2.26. The summed E-state index contributed by atoms with van der Waals surface area (Å²) < 4.78 is 0. The maximum atomic E-state index is 11.5. The molecular weight excluding hydrogens is 196 g/mol. The Balaban J connectivity index is 2.50. The van der Waals surface area contributed by atoms with Crippen molar-refractivity contribution in [2.45, 2.75) is 13.8 Å². The molecule has 3 rings (SSSR count). The Kier molecular flexibility index (Phi) is 1.78. The fourth-order valence-electron chi connectivity index (χ4n) is 2.42. The van der Waals surface area contributed by atoms with Crippen molar-refractivity contribution in [1.82, 2.24) is 0 Å². The number of carbonyl (C=O) groups excluding carboxylic acids is 1. The maximum absolute atomic E-state index is 11.5. The zero-order valence-corrected chi connectivity index (χ0v) is 9.37. The van der Waals surface area contributed by atoms with E-state index in [1.807, 2.05) is 19.1 Å². The molecular formula is C15H12O. The molecule has 0 spiro atoms. The van der Waals surface area contributed by atoms with Crippen molar-refractivity contribution in [3.8, 4) is 0 Å². The second-order valence-corrected chi connectivity index (χ2v) is 4.31. The van der Waals surface area contributed by atoms with Crippen LogP contribution in [0.1, 0.15) is 22.8 Å². The summed E-state index contributed by atoms with van der Waals surface area (Å²) in [5.41, 5.74) is 1.91. The maximum Gasteiger partial charge on any atom is 0.160 e. The normalized spacial score (nSPS) is 11.4. The zero-order chi connectivity index (χ0) is 11.3. The minimum Gasteiger partial charge on any atom is -0.295 e. The van der Waals surface area contributed by atoms with E-state index in [1.54, 1.807) is 6.92 Å².